The summed E-state index contributed by atoms with van der Waals surface area (Å²) < 4.78 is 0. The van der Waals surface area contributed by atoms with Crippen LogP contribution in [0.25, 0.3) is 43.1 Å². The van der Waals surface area contributed by atoms with Gasteiger partial charge in [-0.2, -0.15) is 0 Å². The van der Waals surface area contributed by atoms with Gasteiger partial charge in [0.15, 0.2) is 0 Å². The highest BCUT2D eigenvalue weighted by Crippen LogP contribution is 2.27. The first-order valence-corrected chi connectivity index (χ1v) is 12.9. The van der Waals surface area contributed by atoms with Crippen molar-refractivity contribution in [2.24, 2.45) is 0 Å². The van der Waals surface area contributed by atoms with Crippen molar-refractivity contribution in [2.75, 3.05) is 0 Å². The average molecular weight is 477 g/mol. The van der Waals surface area contributed by atoms with Crippen LogP contribution in [0.1, 0.15) is 16.7 Å². The molecule has 0 atom stereocenters. The number of hydrogen-bond acceptors (Lipinski definition) is 0. The molecule has 0 saturated carbocycles. The first-order valence-electron chi connectivity index (χ1n) is 12.9. The Labute approximate surface area is 219 Å². The minimum Gasteiger partial charge on any atom is -0.0616 e. The van der Waals surface area contributed by atoms with Crippen LogP contribution >= 0.6 is 0 Å². The fourth-order valence-electron chi connectivity index (χ4n) is 4.94. The largest absolute Gasteiger partial charge is 0.0616 e. The van der Waals surface area contributed by atoms with E-state index in [1.807, 2.05) is 0 Å². The molecule has 0 spiro atoms. The molecule has 7 aromatic carbocycles. The normalized spacial score (nSPS) is 10.6. The van der Waals surface area contributed by atoms with Crippen molar-refractivity contribution in [2.45, 2.75) is 20.8 Å². The van der Waals surface area contributed by atoms with Crippen LogP contribution in [0.4, 0.5) is 0 Å². The quantitative estimate of drug-likeness (QED) is 0.191. The smallest absolute Gasteiger partial charge is 0.0103 e. The highest BCUT2D eigenvalue weighted by molar-refractivity contribution is 6.08. The summed E-state index contributed by atoms with van der Waals surface area (Å²) in [6, 6.07) is 49.2. The van der Waals surface area contributed by atoms with Gasteiger partial charge in [0.2, 0.25) is 0 Å². The lowest BCUT2D eigenvalue weighted by Crippen LogP contribution is -1.81. The third kappa shape index (κ3) is 5.55. The van der Waals surface area contributed by atoms with E-state index in [9.17, 15) is 0 Å². The molecule has 0 bridgehead atoms. The van der Waals surface area contributed by atoms with Crippen molar-refractivity contribution in [3.8, 4) is 0 Å². The Kier molecular flexibility index (Phi) is 7.28. The van der Waals surface area contributed by atoms with E-state index in [0.717, 1.165) is 0 Å². The molecule has 0 aliphatic carbocycles. The topological polar surface area (TPSA) is 0 Å². The Bertz CT molecular complexity index is 1800. The number of hydrogen-bond donors (Lipinski definition) is 0. The molecule has 7 rings (SSSR count). The van der Waals surface area contributed by atoms with Crippen molar-refractivity contribution >= 4 is 43.1 Å². The number of rotatable bonds is 0. The third-order valence-corrected chi connectivity index (χ3v) is 6.89. The van der Waals surface area contributed by atoms with Crippen LogP contribution in [0, 0.1) is 20.8 Å². The Morgan fingerprint density at radius 3 is 1.57 bits per heavy atom. The maximum Gasteiger partial charge on any atom is -0.0103 e. The molecular formula is C37H32. The second-order valence-corrected chi connectivity index (χ2v) is 9.61. The minimum atomic E-state index is 1.32. The Hall–Kier alpha value is -4.42. The predicted molar refractivity (Wildman–Crippen MR) is 164 cm³/mol. The van der Waals surface area contributed by atoms with E-state index < -0.39 is 0 Å². The Morgan fingerprint density at radius 1 is 0.297 bits per heavy atom. The molecule has 0 heteroatoms. The van der Waals surface area contributed by atoms with E-state index >= 15 is 0 Å². The molecular weight excluding hydrogens is 444 g/mol. The van der Waals surface area contributed by atoms with Gasteiger partial charge in [-0.15, -0.1) is 0 Å². The Morgan fingerprint density at radius 2 is 0.838 bits per heavy atom. The number of fused-ring (bicyclic) bond motifs is 5. The number of aryl methyl sites for hydroxylation is 3. The molecule has 0 heterocycles. The summed E-state index contributed by atoms with van der Waals surface area (Å²) in [6.45, 7) is 6.43. The van der Waals surface area contributed by atoms with E-state index in [1.54, 1.807) is 0 Å². The standard InChI is InChI=1S/C15H12.2C11H10/c1-11-10-12-6-2-3-8-14(12)15-9-5-4-7-13(11)15;1-9-5-4-7-10-6-2-3-8-11(9)10;1-9-6-7-10-4-2-3-5-11(10)8-9/h2-10H,1H3;2*2-8H,1H3. The van der Waals surface area contributed by atoms with Gasteiger partial charge in [0.05, 0.1) is 0 Å². The lowest BCUT2D eigenvalue weighted by molar-refractivity contribution is 1.51. The average Bonchev–Trinajstić information content (AvgIpc) is 2.94. The van der Waals surface area contributed by atoms with Crippen molar-refractivity contribution in [1.29, 1.82) is 0 Å². The van der Waals surface area contributed by atoms with Crippen LogP contribution in [0.2, 0.25) is 0 Å². The number of benzene rings is 7. The summed E-state index contributed by atoms with van der Waals surface area (Å²) in [4.78, 5) is 0. The van der Waals surface area contributed by atoms with Gasteiger partial charge >= 0.3 is 0 Å². The maximum absolute atomic E-state index is 2.26. The van der Waals surface area contributed by atoms with Gasteiger partial charge in [-0.1, -0.05) is 145 Å². The lowest BCUT2D eigenvalue weighted by atomic mass is 9.98. The molecule has 0 unspecified atom stereocenters. The van der Waals surface area contributed by atoms with Gasteiger partial charge in [-0.05, 0) is 75.0 Å². The highest BCUT2D eigenvalue weighted by atomic mass is 14.1. The van der Waals surface area contributed by atoms with Crippen LogP contribution in [0.3, 0.4) is 0 Å². The first kappa shape index (κ1) is 24.3. The van der Waals surface area contributed by atoms with Gasteiger partial charge < -0.3 is 0 Å². The maximum atomic E-state index is 2.26. The van der Waals surface area contributed by atoms with E-state index in [4.69, 9.17) is 0 Å². The molecule has 0 fully saturated rings. The van der Waals surface area contributed by atoms with Crippen LogP contribution in [-0.4, -0.2) is 0 Å². The molecule has 0 aromatic heterocycles. The Balaban J connectivity index is 0.000000116. The minimum absolute atomic E-state index is 1.32. The molecule has 0 nitrogen and oxygen atoms in total. The molecule has 0 amide bonds. The van der Waals surface area contributed by atoms with Crippen LogP contribution in [-0.2, 0) is 0 Å². The van der Waals surface area contributed by atoms with E-state index in [0.29, 0.717) is 0 Å². The van der Waals surface area contributed by atoms with E-state index in [1.165, 1.54) is 59.8 Å². The fraction of sp³-hybridized carbons (Fsp3) is 0.0811. The zero-order valence-corrected chi connectivity index (χ0v) is 21.8. The fourth-order valence-corrected chi connectivity index (χ4v) is 4.94. The monoisotopic (exact) mass is 476 g/mol. The van der Waals surface area contributed by atoms with Gasteiger partial charge in [0, 0.05) is 0 Å². The first-order chi connectivity index (χ1) is 18.1. The summed E-state index contributed by atoms with van der Waals surface area (Å²) in [7, 11) is 0. The zero-order valence-electron chi connectivity index (χ0n) is 21.8. The molecule has 0 aliphatic heterocycles. The zero-order chi connectivity index (χ0) is 25.6. The van der Waals surface area contributed by atoms with E-state index in [2.05, 4.69) is 160 Å². The van der Waals surface area contributed by atoms with Crippen LogP contribution in [0.15, 0.2) is 140 Å². The molecule has 180 valence electrons. The van der Waals surface area contributed by atoms with Gasteiger partial charge in [-0.3, -0.25) is 0 Å². The van der Waals surface area contributed by atoms with Crippen molar-refractivity contribution in [3.05, 3.63) is 156 Å². The van der Waals surface area contributed by atoms with Crippen LogP contribution < -0.4 is 0 Å². The van der Waals surface area contributed by atoms with Crippen molar-refractivity contribution < 1.29 is 0 Å². The molecule has 7 aromatic rings. The van der Waals surface area contributed by atoms with Gasteiger partial charge in [0.25, 0.3) is 0 Å². The lowest BCUT2D eigenvalue weighted by Gasteiger charge is -2.06. The molecule has 0 saturated heterocycles. The molecule has 0 N–H and O–H groups in total. The van der Waals surface area contributed by atoms with Gasteiger partial charge in [-0.25, -0.2) is 0 Å². The predicted octanol–water partition coefficient (Wildman–Crippen LogP) is 10.6. The third-order valence-electron chi connectivity index (χ3n) is 6.89. The molecule has 0 radical (unpaired) electrons. The summed E-state index contributed by atoms with van der Waals surface area (Å²) >= 11 is 0. The highest BCUT2D eigenvalue weighted by Gasteiger charge is 2.01. The van der Waals surface area contributed by atoms with Crippen molar-refractivity contribution in [3.63, 3.8) is 0 Å². The van der Waals surface area contributed by atoms with Gasteiger partial charge in [0.1, 0.15) is 0 Å². The summed E-state index contributed by atoms with van der Waals surface area (Å²) in [5, 5.41) is 10.7. The van der Waals surface area contributed by atoms with E-state index in [-0.39, 0.29) is 0 Å². The molecule has 0 aliphatic rings. The summed E-state index contributed by atoms with van der Waals surface area (Å²) in [5.41, 5.74) is 4.02. The van der Waals surface area contributed by atoms with Crippen molar-refractivity contribution in [1.82, 2.24) is 0 Å². The second kappa shape index (κ2) is 11.1. The van der Waals surface area contributed by atoms with Crippen LogP contribution in [0.5, 0.6) is 0 Å². The molecule has 37 heavy (non-hydrogen) atoms. The SMILES string of the molecule is Cc1cc2ccccc2c2ccccc12.Cc1ccc2ccccc2c1.Cc1cccc2ccccc12. The summed E-state index contributed by atoms with van der Waals surface area (Å²) in [5.74, 6) is 0. The summed E-state index contributed by atoms with van der Waals surface area (Å²) in [6.07, 6.45) is 0. The second-order valence-electron chi connectivity index (χ2n) is 9.61.